The molecule has 0 spiro atoms. The molecule has 1 N–H and O–H groups in total. The maximum Gasteiger partial charge on any atom is 0.242 e. The highest BCUT2D eigenvalue weighted by atomic mass is 19.1. The predicted octanol–water partition coefficient (Wildman–Crippen LogP) is 2.64. The van der Waals surface area contributed by atoms with Crippen molar-refractivity contribution >= 4 is 11.8 Å². The predicted molar refractivity (Wildman–Crippen MR) is 93.3 cm³/mol. The molecule has 1 aromatic carbocycles. The highest BCUT2D eigenvalue weighted by molar-refractivity contribution is 5.87. The molecule has 25 heavy (non-hydrogen) atoms. The number of nitrogens with one attached hydrogen (secondary N) is 1. The van der Waals surface area contributed by atoms with E-state index >= 15 is 0 Å². The van der Waals surface area contributed by atoms with Gasteiger partial charge in [0.1, 0.15) is 11.9 Å². The SMILES string of the molecule is CCCC(=O)N(Cc1ccc(F)cc1)[C@H](C)C(=O)NC[C@@H]1CCCO1. The number of nitrogens with zero attached hydrogens (tertiary/aromatic N) is 1. The van der Waals surface area contributed by atoms with E-state index in [-0.39, 0.29) is 30.3 Å². The standard InChI is InChI=1S/C19H27FN2O3/c1-3-5-18(23)22(13-15-7-9-16(20)10-8-15)14(2)19(24)21-12-17-6-4-11-25-17/h7-10,14,17H,3-6,11-13H2,1-2H3,(H,21,24)/t14-,17+/m1/s1. The van der Waals surface area contributed by atoms with Gasteiger partial charge in [-0.3, -0.25) is 9.59 Å². The zero-order valence-electron chi connectivity index (χ0n) is 15.0. The Labute approximate surface area is 148 Å². The van der Waals surface area contributed by atoms with Crippen molar-refractivity contribution in [3.63, 3.8) is 0 Å². The van der Waals surface area contributed by atoms with Gasteiger partial charge in [0.2, 0.25) is 11.8 Å². The Morgan fingerprint density at radius 3 is 2.68 bits per heavy atom. The van der Waals surface area contributed by atoms with Gasteiger partial charge < -0.3 is 15.0 Å². The van der Waals surface area contributed by atoms with Crippen LogP contribution in [-0.4, -0.2) is 42.0 Å². The van der Waals surface area contributed by atoms with Crippen LogP contribution in [0.2, 0.25) is 0 Å². The normalized spacial score (nSPS) is 18.0. The van der Waals surface area contributed by atoms with E-state index in [1.165, 1.54) is 12.1 Å². The van der Waals surface area contributed by atoms with Crippen LogP contribution < -0.4 is 5.32 Å². The quantitative estimate of drug-likeness (QED) is 0.784. The van der Waals surface area contributed by atoms with E-state index in [0.717, 1.165) is 25.0 Å². The summed E-state index contributed by atoms with van der Waals surface area (Å²) in [6, 6.07) is 5.40. The largest absolute Gasteiger partial charge is 0.376 e. The van der Waals surface area contributed by atoms with E-state index in [0.29, 0.717) is 19.4 Å². The third-order valence-corrected chi connectivity index (χ3v) is 4.43. The van der Waals surface area contributed by atoms with Crippen LogP contribution in [0.5, 0.6) is 0 Å². The molecule has 2 rings (SSSR count). The fraction of sp³-hybridized carbons (Fsp3) is 0.579. The molecule has 2 amide bonds. The van der Waals surface area contributed by atoms with E-state index in [1.54, 1.807) is 24.0 Å². The minimum atomic E-state index is -0.592. The van der Waals surface area contributed by atoms with E-state index in [9.17, 15) is 14.0 Å². The Balaban J connectivity index is 2.00. The smallest absolute Gasteiger partial charge is 0.242 e. The molecule has 1 aliphatic rings. The van der Waals surface area contributed by atoms with Crippen molar-refractivity contribution in [2.75, 3.05) is 13.2 Å². The molecule has 5 nitrogen and oxygen atoms in total. The average molecular weight is 350 g/mol. The minimum Gasteiger partial charge on any atom is -0.376 e. The molecule has 1 aromatic rings. The second-order valence-electron chi connectivity index (χ2n) is 6.45. The molecule has 0 unspecified atom stereocenters. The minimum absolute atomic E-state index is 0.0630. The third-order valence-electron chi connectivity index (χ3n) is 4.43. The summed E-state index contributed by atoms with van der Waals surface area (Å²) in [6.45, 7) is 5.14. The number of hydrogen-bond acceptors (Lipinski definition) is 3. The van der Waals surface area contributed by atoms with Gasteiger partial charge in [-0.25, -0.2) is 4.39 Å². The molecule has 0 radical (unpaired) electrons. The van der Waals surface area contributed by atoms with Gasteiger partial charge in [-0.2, -0.15) is 0 Å². The first-order chi connectivity index (χ1) is 12.0. The number of carbonyl (C=O) groups is 2. The summed E-state index contributed by atoms with van der Waals surface area (Å²) >= 11 is 0. The van der Waals surface area contributed by atoms with Crippen LogP contribution in [0.1, 0.15) is 45.1 Å². The summed E-state index contributed by atoms with van der Waals surface area (Å²) < 4.78 is 18.6. The fourth-order valence-electron chi connectivity index (χ4n) is 2.89. The summed E-state index contributed by atoms with van der Waals surface area (Å²) in [5, 5.41) is 2.88. The summed E-state index contributed by atoms with van der Waals surface area (Å²) in [4.78, 5) is 26.5. The zero-order chi connectivity index (χ0) is 18.2. The van der Waals surface area contributed by atoms with Crippen LogP contribution in [0.25, 0.3) is 0 Å². The molecular weight excluding hydrogens is 323 g/mol. The zero-order valence-corrected chi connectivity index (χ0v) is 15.0. The monoisotopic (exact) mass is 350 g/mol. The lowest BCUT2D eigenvalue weighted by molar-refractivity contribution is -0.140. The second-order valence-corrected chi connectivity index (χ2v) is 6.45. The Morgan fingerprint density at radius 1 is 1.36 bits per heavy atom. The van der Waals surface area contributed by atoms with Gasteiger partial charge in [-0.15, -0.1) is 0 Å². The molecule has 1 aliphatic heterocycles. The van der Waals surface area contributed by atoms with Crippen molar-refractivity contribution in [2.24, 2.45) is 0 Å². The highest BCUT2D eigenvalue weighted by Gasteiger charge is 2.26. The van der Waals surface area contributed by atoms with E-state index in [1.807, 2.05) is 6.92 Å². The molecule has 0 saturated carbocycles. The average Bonchev–Trinajstić information content (AvgIpc) is 3.12. The molecule has 6 heteroatoms. The second kappa shape index (κ2) is 9.51. The van der Waals surface area contributed by atoms with Gasteiger partial charge >= 0.3 is 0 Å². The number of amides is 2. The molecule has 1 saturated heterocycles. The van der Waals surface area contributed by atoms with Gasteiger partial charge in [0.05, 0.1) is 6.10 Å². The van der Waals surface area contributed by atoms with Gasteiger partial charge in [-0.05, 0) is 43.9 Å². The van der Waals surface area contributed by atoms with Crippen LogP contribution in [-0.2, 0) is 20.9 Å². The van der Waals surface area contributed by atoms with Crippen LogP contribution in [0.15, 0.2) is 24.3 Å². The van der Waals surface area contributed by atoms with Crippen molar-refractivity contribution in [3.8, 4) is 0 Å². The lowest BCUT2D eigenvalue weighted by atomic mass is 10.1. The van der Waals surface area contributed by atoms with E-state index in [4.69, 9.17) is 4.74 Å². The number of carbonyl (C=O) groups excluding carboxylic acids is 2. The lowest BCUT2D eigenvalue weighted by Gasteiger charge is -2.29. The Kier molecular flexibility index (Phi) is 7.37. The van der Waals surface area contributed by atoms with E-state index in [2.05, 4.69) is 5.32 Å². The van der Waals surface area contributed by atoms with Gasteiger partial charge in [0, 0.05) is 26.1 Å². The molecule has 1 fully saturated rings. The molecule has 0 aromatic heterocycles. The molecule has 138 valence electrons. The van der Waals surface area contributed by atoms with Crippen LogP contribution >= 0.6 is 0 Å². The van der Waals surface area contributed by atoms with Crippen molar-refractivity contribution < 1.29 is 18.7 Å². The summed E-state index contributed by atoms with van der Waals surface area (Å²) in [5.74, 6) is -0.591. The number of ether oxygens (including phenoxy) is 1. The summed E-state index contributed by atoms with van der Waals surface area (Å²) in [6.07, 6.45) is 3.12. The van der Waals surface area contributed by atoms with E-state index < -0.39 is 6.04 Å². The van der Waals surface area contributed by atoms with Crippen LogP contribution in [0, 0.1) is 5.82 Å². The summed E-state index contributed by atoms with van der Waals surface area (Å²) in [5.41, 5.74) is 0.796. The number of benzene rings is 1. The fourth-order valence-corrected chi connectivity index (χ4v) is 2.89. The molecule has 0 aliphatic carbocycles. The first-order valence-corrected chi connectivity index (χ1v) is 8.94. The lowest BCUT2D eigenvalue weighted by Crippen LogP contribution is -2.48. The molecular formula is C19H27FN2O3. The van der Waals surface area contributed by atoms with Gasteiger partial charge in [-0.1, -0.05) is 19.1 Å². The maximum absolute atomic E-state index is 13.1. The van der Waals surface area contributed by atoms with Crippen molar-refractivity contribution in [3.05, 3.63) is 35.6 Å². The van der Waals surface area contributed by atoms with Crippen molar-refractivity contribution in [2.45, 2.75) is 58.2 Å². The Morgan fingerprint density at radius 2 is 2.08 bits per heavy atom. The molecule has 2 atom stereocenters. The first-order valence-electron chi connectivity index (χ1n) is 8.94. The molecule has 0 bridgehead atoms. The van der Waals surface area contributed by atoms with Gasteiger partial charge in [0.15, 0.2) is 0 Å². The Hall–Kier alpha value is -1.95. The third kappa shape index (κ3) is 5.81. The molecule has 1 heterocycles. The van der Waals surface area contributed by atoms with Crippen LogP contribution in [0.4, 0.5) is 4.39 Å². The number of hydrogen-bond donors (Lipinski definition) is 1. The highest BCUT2D eigenvalue weighted by Crippen LogP contribution is 2.14. The van der Waals surface area contributed by atoms with Gasteiger partial charge in [0.25, 0.3) is 0 Å². The van der Waals surface area contributed by atoms with Crippen molar-refractivity contribution in [1.82, 2.24) is 10.2 Å². The number of halogens is 1. The number of rotatable bonds is 8. The first kappa shape index (κ1) is 19.4. The topological polar surface area (TPSA) is 58.6 Å². The van der Waals surface area contributed by atoms with Crippen molar-refractivity contribution in [1.29, 1.82) is 0 Å². The van der Waals surface area contributed by atoms with Crippen LogP contribution in [0.3, 0.4) is 0 Å². The Bertz CT molecular complexity index is 571. The summed E-state index contributed by atoms with van der Waals surface area (Å²) in [7, 11) is 0. The maximum atomic E-state index is 13.1.